The number of sulfone groups is 1. The van der Waals surface area contributed by atoms with Gasteiger partial charge < -0.3 is 5.32 Å². The lowest BCUT2D eigenvalue weighted by atomic mass is 10.1. The fourth-order valence-electron chi connectivity index (χ4n) is 1.92. The van der Waals surface area contributed by atoms with E-state index >= 15 is 0 Å². The van der Waals surface area contributed by atoms with E-state index in [2.05, 4.69) is 10.3 Å². The Bertz CT molecular complexity index is 580. The molecule has 4 nitrogen and oxygen atoms in total. The van der Waals surface area contributed by atoms with Crippen molar-refractivity contribution in [2.75, 3.05) is 23.4 Å². The smallest absolute Gasteiger partial charge is 0.253 e. The minimum atomic E-state index is -3.12. The summed E-state index contributed by atoms with van der Waals surface area (Å²) in [6.07, 6.45) is 0.342. The van der Waals surface area contributed by atoms with Crippen molar-refractivity contribution in [1.29, 1.82) is 0 Å². The third-order valence-electron chi connectivity index (χ3n) is 2.89. The topological polar surface area (TPSA) is 59.1 Å². The molecule has 19 heavy (non-hydrogen) atoms. The van der Waals surface area contributed by atoms with Crippen molar-refractivity contribution in [3.63, 3.8) is 0 Å². The van der Waals surface area contributed by atoms with Crippen molar-refractivity contribution < 1.29 is 26.0 Å². The van der Waals surface area contributed by atoms with Gasteiger partial charge in [-0.05, 0) is 12.3 Å². The first-order valence-electron chi connectivity index (χ1n) is 5.44. The summed E-state index contributed by atoms with van der Waals surface area (Å²) in [6.45, 7) is -0.0873. The van der Waals surface area contributed by atoms with E-state index in [4.69, 9.17) is 0 Å². The van der Waals surface area contributed by atoms with Crippen molar-refractivity contribution in [3.05, 3.63) is 23.5 Å². The number of rotatable bonds is 3. The third kappa shape index (κ3) is 2.96. The second kappa shape index (κ2) is 4.95. The van der Waals surface area contributed by atoms with Crippen LogP contribution in [0.4, 0.5) is 23.2 Å². The quantitative estimate of drug-likeness (QED) is 0.678. The molecular weight excluding hydrogens is 288 g/mol. The van der Waals surface area contributed by atoms with E-state index in [0.29, 0.717) is 6.42 Å². The summed E-state index contributed by atoms with van der Waals surface area (Å²) in [5.41, 5.74) is -0.964. The van der Waals surface area contributed by atoms with Gasteiger partial charge in [-0.1, -0.05) is 0 Å². The zero-order valence-electron chi connectivity index (χ0n) is 9.59. The van der Waals surface area contributed by atoms with E-state index in [1.807, 2.05) is 0 Å². The Kier molecular flexibility index (Phi) is 3.66. The Hall–Kier alpha value is -1.38. The molecule has 1 unspecified atom stereocenters. The molecule has 0 aliphatic carbocycles. The van der Waals surface area contributed by atoms with Gasteiger partial charge in [-0.3, -0.25) is 0 Å². The first-order chi connectivity index (χ1) is 8.80. The van der Waals surface area contributed by atoms with Gasteiger partial charge in [-0.25, -0.2) is 8.42 Å². The van der Waals surface area contributed by atoms with E-state index < -0.39 is 39.1 Å². The second-order valence-corrected chi connectivity index (χ2v) is 6.58. The van der Waals surface area contributed by atoms with Gasteiger partial charge in [-0.15, -0.1) is 0 Å². The van der Waals surface area contributed by atoms with Crippen LogP contribution in [0.25, 0.3) is 0 Å². The van der Waals surface area contributed by atoms with Crippen LogP contribution in [0.2, 0.25) is 0 Å². The summed E-state index contributed by atoms with van der Waals surface area (Å²) in [5.74, 6) is -7.20. The molecule has 1 aromatic heterocycles. The highest BCUT2D eigenvalue weighted by molar-refractivity contribution is 7.91. The number of nitrogens with zero attached hydrogens (tertiary/aromatic N) is 1. The average molecular weight is 298 g/mol. The maximum atomic E-state index is 13.2. The zero-order valence-corrected chi connectivity index (χ0v) is 10.4. The van der Waals surface area contributed by atoms with Crippen LogP contribution >= 0.6 is 0 Å². The molecule has 0 saturated carbocycles. The van der Waals surface area contributed by atoms with Gasteiger partial charge in [0.05, 0.1) is 11.5 Å². The standard InChI is InChI=1S/C10H10F4N2O2S/c11-6-8(7(12)10(14)16-9(6)13)15-3-5-1-2-19(17,18)4-5/h5H,1-4H2,(H,15,16). The van der Waals surface area contributed by atoms with Crippen molar-refractivity contribution in [2.24, 2.45) is 5.92 Å². The molecule has 1 N–H and O–H groups in total. The van der Waals surface area contributed by atoms with Gasteiger partial charge in [-0.2, -0.15) is 22.5 Å². The fraction of sp³-hybridized carbons (Fsp3) is 0.500. The first kappa shape index (κ1) is 14.0. The summed E-state index contributed by atoms with van der Waals surface area (Å²) < 4.78 is 74.5. The summed E-state index contributed by atoms with van der Waals surface area (Å²) in [7, 11) is -3.12. The maximum Gasteiger partial charge on any atom is 0.253 e. The number of aromatic nitrogens is 1. The highest BCUT2D eigenvalue weighted by Crippen LogP contribution is 2.24. The van der Waals surface area contributed by atoms with Gasteiger partial charge in [0.1, 0.15) is 5.69 Å². The summed E-state index contributed by atoms with van der Waals surface area (Å²) >= 11 is 0. The molecule has 2 heterocycles. The molecule has 9 heteroatoms. The van der Waals surface area contributed by atoms with Crippen LogP contribution in [0.1, 0.15) is 6.42 Å². The highest BCUT2D eigenvalue weighted by atomic mass is 32.2. The summed E-state index contributed by atoms with van der Waals surface area (Å²) in [5, 5.41) is 2.21. The molecule has 2 rings (SSSR count). The Labute approximate surface area is 106 Å². The SMILES string of the molecule is O=S1(=O)CCC(CNc2c(F)c(F)nc(F)c2F)C1. The average Bonchev–Trinajstić information content (AvgIpc) is 2.66. The van der Waals surface area contributed by atoms with Crippen molar-refractivity contribution in [2.45, 2.75) is 6.42 Å². The van der Waals surface area contributed by atoms with E-state index in [1.54, 1.807) is 0 Å². The van der Waals surface area contributed by atoms with Crippen LogP contribution in [0.3, 0.4) is 0 Å². The van der Waals surface area contributed by atoms with Crippen LogP contribution in [-0.2, 0) is 9.84 Å². The molecule has 106 valence electrons. The molecule has 1 atom stereocenters. The lowest BCUT2D eigenvalue weighted by molar-refractivity contribution is 0.410. The first-order valence-corrected chi connectivity index (χ1v) is 7.26. The predicted octanol–water partition coefficient (Wildman–Crippen LogP) is 1.48. The van der Waals surface area contributed by atoms with Crippen LogP contribution in [0.5, 0.6) is 0 Å². The van der Waals surface area contributed by atoms with Gasteiger partial charge in [0, 0.05) is 6.54 Å². The summed E-state index contributed by atoms with van der Waals surface area (Å²) in [4.78, 5) is 2.42. The Balaban J connectivity index is 2.12. The molecule has 1 aromatic rings. The molecule has 0 spiro atoms. The molecule has 0 radical (unpaired) electrons. The Morgan fingerprint density at radius 1 is 1.16 bits per heavy atom. The fourth-order valence-corrected chi connectivity index (χ4v) is 3.78. The van der Waals surface area contributed by atoms with Crippen LogP contribution < -0.4 is 5.32 Å². The van der Waals surface area contributed by atoms with Crippen LogP contribution in [0.15, 0.2) is 0 Å². The van der Waals surface area contributed by atoms with Crippen LogP contribution in [-0.4, -0.2) is 31.5 Å². The van der Waals surface area contributed by atoms with E-state index in [-0.39, 0.29) is 24.0 Å². The number of hydrogen-bond acceptors (Lipinski definition) is 4. The lowest BCUT2D eigenvalue weighted by Crippen LogP contribution is -2.18. The van der Waals surface area contributed by atoms with Crippen molar-refractivity contribution in [1.82, 2.24) is 4.98 Å². The molecule has 0 amide bonds. The molecule has 1 aliphatic rings. The molecule has 0 aromatic carbocycles. The minimum absolute atomic E-state index is 0.00335. The monoisotopic (exact) mass is 298 g/mol. The third-order valence-corrected chi connectivity index (χ3v) is 4.73. The minimum Gasteiger partial charge on any atom is -0.380 e. The van der Waals surface area contributed by atoms with Gasteiger partial charge >= 0.3 is 0 Å². The van der Waals surface area contributed by atoms with E-state index in [0.717, 1.165) is 0 Å². The van der Waals surface area contributed by atoms with Crippen LogP contribution in [0, 0.1) is 29.4 Å². The van der Waals surface area contributed by atoms with Gasteiger partial charge in [0.15, 0.2) is 9.84 Å². The predicted molar refractivity (Wildman–Crippen MR) is 59.3 cm³/mol. The normalized spacial score (nSPS) is 21.6. The molecule has 1 fully saturated rings. The van der Waals surface area contributed by atoms with E-state index in [9.17, 15) is 26.0 Å². The van der Waals surface area contributed by atoms with Crippen molar-refractivity contribution >= 4 is 15.5 Å². The summed E-state index contributed by atoms with van der Waals surface area (Å²) in [6, 6.07) is 0. The molecular formula is C10H10F4N2O2S. The zero-order chi connectivity index (χ0) is 14.2. The Morgan fingerprint density at radius 3 is 2.21 bits per heavy atom. The van der Waals surface area contributed by atoms with Gasteiger partial charge in [0.25, 0.3) is 11.9 Å². The molecule has 0 bridgehead atoms. The Morgan fingerprint density at radius 2 is 1.74 bits per heavy atom. The molecule has 1 saturated heterocycles. The number of halogens is 4. The lowest BCUT2D eigenvalue weighted by Gasteiger charge is -2.12. The number of pyridine rings is 1. The van der Waals surface area contributed by atoms with Gasteiger partial charge in [0.2, 0.25) is 11.6 Å². The number of nitrogens with one attached hydrogen (secondary N) is 1. The number of anilines is 1. The van der Waals surface area contributed by atoms with Crippen molar-refractivity contribution in [3.8, 4) is 0 Å². The largest absolute Gasteiger partial charge is 0.380 e. The van der Waals surface area contributed by atoms with E-state index in [1.165, 1.54) is 0 Å². The number of hydrogen-bond donors (Lipinski definition) is 1. The highest BCUT2D eigenvalue weighted by Gasteiger charge is 2.28. The molecule has 1 aliphatic heterocycles. The second-order valence-electron chi connectivity index (χ2n) is 4.35. The maximum absolute atomic E-state index is 13.2.